The largest absolute Gasteiger partial charge is 0.341 e. The maximum atomic E-state index is 11.7. The Morgan fingerprint density at radius 1 is 1.56 bits per heavy atom. The Morgan fingerprint density at radius 2 is 2.31 bits per heavy atom. The third kappa shape index (κ3) is 2.38. The van der Waals surface area contributed by atoms with Crippen LogP contribution >= 0.6 is 0 Å². The third-order valence-electron chi connectivity index (χ3n) is 2.84. The number of likely N-dealkylation sites (tertiary alicyclic amines) is 1. The topological polar surface area (TPSA) is 46.1 Å². The molecular weight excluding hydrogens is 202 g/mol. The lowest BCUT2D eigenvalue weighted by Gasteiger charge is -2.39. The van der Waals surface area contributed by atoms with Crippen LogP contribution in [0.3, 0.4) is 0 Å². The molecule has 1 aromatic heterocycles. The highest BCUT2D eigenvalue weighted by molar-refractivity contribution is 5.77. The van der Waals surface area contributed by atoms with Gasteiger partial charge in [-0.05, 0) is 12.0 Å². The molecule has 2 rings (SSSR count). The molecule has 0 N–H and O–H groups in total. The Hall–Kier alpha value is -1.45. The van der Waals surface area contributed by atoms with Gasteiger partial charge in [-0.1, -0.05) is 13.8 Å². The number of carbonyl (C=O) groups is 1. The smallest absolute Gasteiger partial charge is 0.222 e. The standard InChI is InChI=1S/C12H17N3O/c1-9(2)5-12(16)15-6-10(7-15)11-3-4-13-8-14-11/h3-4,8-10H,5-7H2,1-2H3. The molecule has 1 fully saturated rings. The van der Waals surface area contributed by atoms with Gasteiger partial charge in [-0.3, -0.25) is 4.79 Å². The van der Waals surface area contributed by atoms with E-state index in [1.165, 1.54) is 0 Å². The van der Waals surface area contributed by atoms with Crippen LogP contribution in [0.5, 0.6) is 0 Å². The molecule has 1 amide bonds. The van der Waals surface area contributed by atoms with Gasteiger partial charge in [0.15, 0.2) is 0 Å². The summed E-state index contributed by atoms with van der Waals surface area (Å²) in [6.07, 6.45) is 3.96. The van der Waals surface area contributed by atoms with Crippen LogP contribution in [0.25, 0.3) is 0 Å². The van der Waals surface area contributed by atoms with Crippen LogP contribution in [0.15, 0.2) is 18.6 Å². The molecule has 1 aliphatic rings. The lowest BCUT2D eigenvalue weighted by molar-refractivity contribution is -0.136. The van der Waals surface area contributed by atoms with Gasteiger partial charge in [0.05, 0.1) is 5.69 Å². The van der Waals surface area contributed by atoms with Gasteiger partial charge in [0.25, 0.3) is 0 Å². The maximum Gasteiger partial charge on any atom is 0.222 e. The summed E-state index contributed by atoms with van der Waals surface area (Å²) < 4.78 is 0. The van der Waals surface area contributed by atoms with E-state index in [0.29, 0.717) is 18.3 Å². The summed E-state index contributed by atoms with van der Waals surface area (Å²) in [4.78, 5) is 21.7. The highest BCUT2D eigenvalue weighted by Gasteiger charge is 2.32. The fraction of sp³-hybridized carbons (Fsp3) is 0.583. The highest BCUT2D eigenvalue weighted by Crippen LogP contribution is 2.26. The van der Waals surface area contributed by atoms with E-state index in [2.05, 4.69) is 23.8 Å². The van der Waals surface area contributed by atoms with Crippen molar-refractivity contribution in [3.8, 4) is 0 Å². The van der Waals surface area contributed by atoms with E-state index in [1.54, 1.807) is 12.5 Å². The minimum Gasteiger partial charge on any atom is -0.341 e. The molecule has 0 spiro atoms. The van der Waals surface area contributed by atoms with E-state index in [1.807, 2.05) is 11.0 Å². The number of hydrogen-bond donors (Lipinski definition) is 0. The minimum atomic E-state index is 0.264. The zero-order chi connectivity index (χ0) is 11.5. The summed E-state index contributed by atoms with van der Waals surface area (Å²) in [5, 5.41) is 0. The Labute approximate surface area is 95.7 Å². The van der Waals surface area contributed by atoms with Crippen molar-refractivity contribution in [1.29, 1.82) is 0 Å². The molecule has 0 saturated carbocycles. The Bertz CT molecular complexity index is 358. The molecule has 4 nitrogen and oxygen atoms in total. The predicted octanol–water partition coefficient (Wildman–Crippen LogP) is 1.45. The molecule has 0 aliphatic carbocycles. The SMILES string of the molecule is CC(C)CC(=O)N1CC(c2ccncn2)C1. The van der Waals surface area contributed by atoms with E-state index in [-0.39, 0.29) is 5.91 Å². The molecule has 86 valence electrons. The van der Waals surface area contributed by atoms with Crippen molar-refractivity contribution in [2.24, 2.45) is 5.92 Å². The molecule has 1 saturated heterocycles. The van der Waals surface area contributed by atoms with Gasteiger partial charge >= 0.3 is 0 Å². The number of carbonyl (C=O) groups excluding carboxylic acids is 1. The van der Waals surface area contributed by atoms with E-state index in [9.17, 15) is 4.79 Å². The molecule has 2 heterocycles. The first-order chi connectivity index (χ1) is 7.66. The van der Waals surface area contributed by atoms with Gasteiger partial charge in [-0.25, -0.2) is 9.97 Å². The molecular formula is C12H17N3O. The highest BCUT2D eigenvalue weighted by atomic mass is 16.2. The molecule has 4 heteroatoms. The van der Waals surface area contributed by atoms with Gasteiger partial charge in [0.2, 0.25) is 5.91 Å². The first kappa shape index (κ1) is 11.0. The van der Waals surface area contributed by atoms with E-state index in [0.717, 1.165) is 18.8 Å². The van der Waals surface area contributed by atoms with Gasteiger partial charge in [-0.2, -0.15) is 0 Å². The van der Waals surface area contributed by atoms with Crippen LogP contribution in [0.4, 0.5) is 0 Å². The summed E-state index contributed by atoms with van der Waals surface area (Å²) in [6, 6.07) is 1.93. The molecule has 0 bridgehead atoms. The van der Waals surface area contributed by atoms with Crippen LogP contribution in [0.2, 0.25) is 0 Å². The number of aromatic nitrogens is 2. The van der Waals surface area contributed by atoms with Crippen molar-refractivity contribution in [3.05, 3.63) is 24.3 Å². The lowest BCUT2D eigenvalue weighted by Crippen LogP contribution is -2.49. The summed E-state index contributed by atoms with van der Waals surface area (Å²) in [5.41, 5.74) is 1.04. The average Bonchev–Trinajstić information content (AvgIpc) is 2.15. The summed E-state index contributed by atoms with van der Waals surface area (Å²) in [5.74, 6) is 1.10. The Balaban J connectivity index is 1.84. The number of amides is 1. The second kappa shape index (κ2) is 4.60. The Morgan fingerprint density at radius 3 is 2.88 bits per heavy atom. The van der Waals surface area contributed by atoms with Crippen LogP contribution in [0, 0.1) is 5.92 Å². The average molecular weight is 219 g/mol. The van der Waals surface area contributed by atoms with Crippen molar-refractivity contribution in [2.75, 3.05) is 13.1 Å². The van der Waals surface area contributed by atoms with Crippen LogP contribution in [-0.2, 0) is 4.79 Å². The molecule has 1 aliphatic heterocycles. The van der Waals surface area contributed by atoms with Gasteiger partial charge < -0.3 is 4.90 Å². The van der Waals surface area contributed by atoms with Crippen molar-refractivity contribution in [1.82, 2.24) is 14.9 Å². The first-order valence-corrected chi connectivity index (χ1v) is 5.70. The van der Waals surface area contributed by atoms with E-state index in [4.69, 9.17) is 0 Å². The second-order valence-corrected chi connectivity index (χ2v) is 4.73. The lowest BCUT2D eigenvalue weighted by atomic mass is 9.95. The molecule has 16 heavy (non-hydrogen) atoms. The fourth-order valence-electron chi connectivity index (χ4n) is 1.89. The molecule has 0 aromatic carbocycles. The van der Waals surface area contributed by atoms with Gasteiger partial charge in [-0.15, -0.1) is 0 Å². The predicted molar refractivity (Wildman–Crippen MR) is 60.8 cm³/mol. The third-order valence-corrected chi connectivity index (χ3v) is 2.84. The van der Waals surface area contributed by atoms with Crippen molar-refractivity contribution < 1.29 is 4.79 Å². The normalized spacial score (nSPS) is 16.3. The van der Waals surface area contributed by atoms with E-state index < -0.39 is 0 Å². The first-order valence-electron chi connectivity index (χ1n) is 5.70. The summed E-state index contributed by atoms with van der Waals surface area (Å²) >= 11 is 0. The quantitative estimate of drug-likeness (QED) is 0.773. The number of nitrogens with zero attached hydrogens (tertiary/aromatic N) is 3. The molecule has 0 unspecified atom stereocenters. The fourth-order valence-corrected chi connectivity index (χ4v) is 1.89. The number of hydrogen-bond acceptors (Lipinski definition) is 3. The second-order valence-electron chi connectivity index (χ2n) is 4.73. The molecule has 0 atom stereocenters. The maximum absolute atomic E-state index is 11.7. The Kier molecular flexibility index (Phi) is 3.17. The molecule has 0 radical (unpaired) electrons. The zero-order valence-corrected chi connectivity index (χ0v) is 9.76. The summed E-state index contributed by atoms with van der Waals surface area (Å²) in [7, 11) is 0. The van der Waals surface area contributed by atoms with Crippen molar-refractivity contribution >= 4 is 5.91 Å². The molecule has 1 aromatic rings. The zero-order valence-electron chi connectivity index (χ0n) is 9.76. The van der Waals surface area contributed by atoms with Crippen LogP contribution < -0.4 is 0 Å². The van der Waals surface area contributed by atoms with Gasteiger partial charge in [0, 0.05) is 31.6 Å². The van der Waals surface area contributed by atoms with Crippen LogP contribution in [-0.4, -0.2) is 33.9 Å². The van der Waals surface area contributed by atoms with Crippen LogP contribution in [0.1, 0.15) is 31.9 Å². The number of rotatable bonds is 3. The van der Waals surface area contributed by atoms with Crippen molar-refractivity contribution in [2.45, 2.75) is 26.2 Å². The van der Waals surface area contributed by atoms with Gasteiger partial charge in [0.1, 0.15) is 6.33 Å². The monoisotopic (exact) mass is 219 g/mol. The van der Waals surface area contributed by atoms with Crippen molar-refractivity contribution in [3.63, 3.8) is 0 Å². The van der Waals surface area contributed by atoms with E-state index >= 15 is 0 Å². The minimum absolute atomic E-state index is 0.264. The summed E-state index contributed by atoms with van der Waals surface area (Å²) in [6.45, 7) is 5.75.